The lowest BCUT2D eigenvalue weighted by Gasteiger charge is -2.04. The molecule has 0 N–H and O–H groups in total. The number of ether oxygens (including phenoxy) is 2. The summed E-state index contributed by atoms with van der Waals surface area (Å²) < 4.78 is 16.4. The first-order chi connectivity index (χ1) is 14.3. The van der Waals surface area contributed by atoms with Gasteiger partial charge in [0, 0.05) is 16.3 Å². The van der Waals surface area contributed by atoms with Gasteiger partial charge in [-0.3, -0.25) is 0 Å². The van der Waals surface area contributed by atoms with Crippen LogP contribution in [0.3, 0.4) is 0 Å². The molecule has 0 atom stereocenters. The third kappa shape index (κ3) is 2.61. The normalized spacial score (nSPS) is 12.7. The van der Waals surface area contributed by atoms with Crippen molar-refractivity contribution < 1.29 is 13.9 Å². The summed E-state index contributed by atoms with van der Waals surface area (Å²) >= 11 is 1.42. The first kappa shape index (κ1) is 16.3. The van der Waals surface area contributed by atoms with Crippen LogP contribution in [-0.2, 0) is 0 Å². The monoisotopic (exact) mass is 399 g/mol. The fraction of sp³-hybridized carbons (Fsp3) is 0.0435. The second kappa shape index (κ2) is 6.18. The van der Waals surface area contributed by atoms with E-state index in [0.29, 0.717) is 21.9 Å². The van der Waals surface area contributed by atoms with Crippen LogP contribution in [0.15, 0.2) is 75.3 Å². The Bertz CT molecular complexity index is 1470. The molecular formula is C23H13NO4S. The van der Waals surface area contributed by atoms with Crippen LogP contribution in [0.2, 0.25) is 0 Å². The minimum absolute atomic E-state index is 0.229. The molecule has 140 valence electrons. The van der Waals surface area contributed by atoms with E-state index in [-0.39, 0.29) is 12.4 Å². The summed E-state index contributed by atoms with van der Waals surface area (Å²) in [6, 6.07) is 19.4. The van der Waals surface area contributed by atoms with Crippen molar-refractivity contribution in [2.75, 3.05) is 6.79 Å². The molecular weight excluding hydrogens is 386 g/mol. The van der Waals surface area contributed by atoms with Crippen molar-refractivity contribution in [3.63, 3.8) is 0 Å². The van der Waals surface area contributed by atoms with Crippen LogP contribution < -0.4 is 15.1 Å². The molecule has 2 aromatic heterocycles. The maximum Gasteiger partial charge on any atom is 0.346 e. The van der Waals surface area contributed by atoms with Gasteiger partial charge in [-0.2, -0.15) is 0 Å². The summed E-state index contributed by atoms with van der Waals surface area (Å²) in [7, 11) is 0. The van der Waals surface area contributed by atoms with Gasteiger partial charge in [-0.15, -0.1) is 11.3 Å². The van der Waals surface area contributed by atoms with Crippen molar-refractivity contribution >= 4 is 33.1 Å². The van der Waals surface area contributed by atoms with Gasteiger partial charge in [0.25, 0.3) is 0 Å². The van der Waals surface area contributed by atoms with Crippen LogP contribution in [0.5, 0.6) is 11.5 Å². The average Bonchev–Trinajstić information content (AvgIpc) is 3.42. The Morgan fingerprint density at radius 1 is 0.897 bits per heavy atom. The molecule has 0 spiro atoms. The Morgan fingerprint density at radius 3 is 2.76 bits per heavy atom. The standard InChI is InChI=1S/C23H13NO4S/c25-23-17(10-16-15-4-2-1-3-13(15)5-7-19(16)28-23)22-24-18(11-29-22)14-6-8-20-21(9-14)27-12-26-20/h1-11H,12H2. The topological polar surface area (TPSA) is 61.6 Å². The molecule has 0 bridgehead atoms. The van der Waals surface area contributed by atoms with E-state index in [0.717, 1.165) is 33.2 Å². The highest BCUT2D eigenvalue weighted by Gasteiger charge is 2.17. The molecule has 5 aromatic rings. The average molecular weight is 399 g/mol. The van der Waals surface area contributed by atoms with Crippen LogP contribution in [0.1, 0.15) is 0 Å². The Labute approximate surface area is 168 Å². The van der Waals surface area contributed by atoms with E-state index < -0.39 is 0 Å². The number of nitrogens with zero attached hydrogens (tertiary/aromatic N) is 1. The van der Waals surface area contributed by atoms with Gasteiger partial charge in [-0.05, 0) is 41.1 Å². The van der Waals surface area contributed by atoms with E-state index in [1.807, 2.05) is 66.0 Å². The first-order valence-corrected chi connectivity index (χ1v) is 9.96. The van der Waals surface area contributed by atoms with Gasteiger partial charge in [0.15, 0.2) is 11.5 Å². The van der Waals surface area contributed by atoms with Gasteiger partial charge >= 0.3 is 5.63 Å². The number of hydrogen-bond donors (Lipinski definition) is 0. The lowest BCUT2D eigenvalue weighted by Crippen LogP contribution is -2.02. The second-order valence-corrected chi connectivity index (χ2v) is 7.61. The maximum atomic E-state index is 12.6. The third-order valence-electron chi connectivity index (χ3n) is 5.04. The van der Waals surface area contributed by atoms with Crippen molar-refractivity contribution in [3.8, 4) is 33.3 Å². The quantitative estimate of drug-likeness (QED) is 0.291. The number of aromatic nitrogens is 1. The third-order valence-corrected chi connectivity index (χ3v) is 5.92. The van der Waals surface area contributed by atoms with E-state index in [4.69, 9.17) is 13.9 Å². The summed E-state index contributed by atoms with van der Waals surface area (Å²) in [5.74, 6) is 1.43. The van der Waals surface area contributed by atoms with Crippen LogP contribution in [0, 0.1) is 0 Å². The van der Waals surface area contributed by atoms with E-state index in [2.05, 4.69) is 4.98 Å². The Morgan fingerprint density at radius 2 is 1.79 bits per heavy atom. The molecule has 0 amide bonds. The molecule has 3 heterocycles. The van der Waals surface area contributed by atoms with Crippen molar-refractivity contribution in [1.82, 2.24) is 4.98 Å². The Hall–Kier alpha value is -3.64. The molecule has 0 saturated carbocycles. The minimum Gasteiger partial charge on any atom is -0.454 e. The lowest BCUT2D eigenvalue weighted by molar-refractivity contribution is 0.174. The zero-order chi connectivity index (χ0) is 19.4. The van der Waals surface area contributed by atoms with Crippen molar-refractivity contribution in [3.05, 3.63) is 76.5 Å². The molecule has 3 aromatic carbocycles. The van der Waals surface area contributed by atoms with Crippen molar-refractivity contribution in [2.24, 2.45) is 0 Å². The Balaban J connectivity index is 1.49. The summed E-state index contributed by atoms with van der Waals surface area (Å²) in [4.78, 5) is 17.3. The van der Waals surface area contributed by atoms with Crippen LogP contribution in [-0.4, -0.2) is 11.8 Å². The molecule has 1 aliphatic rings. The number of hydrogen-bond acceptors (Lipinski definition) is 6. The van der Waals surface area contributed by atoms with E-state index >= 15 is 0 Å². The molecule has 0 fully saturated rings. The van der Waals surface area contributed by atoms with Crippen molar-refractivity contribution in [2.45, 2.75) is 0 Å². The van der Waals surface area contributed by atoms with E-state index in [1.54, 1.807) is 0 Å². The molecule has 6 heteroatoms. The predicted octanol–water partition coefficient (Wildman–Crippen LogP) is 5.47. The highest BCUT2D eigenvalue weighted by Crippen LogP contribution is 2.37. The molecule has 0 aliphatic carbocycles. The molecule has 6 rings (SSSR count). The van der Waals surface area contributed by atoms with E-state index in [1.165, 1.54) is 11.3 Å². The number of benzene rings is 3. The number of rotatable bonds is 2. The molecule has 29 heavy (non-hydrogen) atoms. The van der Waals surface area contributed by atoms with Gasteiger partial charge in [0.1, 0.15) is 10.6 Å². The molecule has 0 radical (unpaired) electrons. The van der Waals surface area contributed by atoms with Gasteiger partial charge in [0.2, 0.25) is 6.79 Å². The lowest BCUT2D eigenvalue weighted by atomic mass is 10.0. The van der Waals surface area contributed by atoms with Gasteiger partial charge < -0.3 is 13.9 Å². The van der Waals surface area contributed by atoms with E-state index in [9.17, 15) is 4.79 Å². The zero-order valence-corrected chi connectivity index (χ0v) is 15.9. The van der Waals surface area contributed by atoms with Crippen LogP contribution in [0.25, 0.3) is 43.6 Å². The summed E-state index contributed by atoms with van der Waals surface area (Å²) in [5, 5.41) is 5.60. The van der Waals surface area contributed by atoms with Crippen molar-refractivity contribution in [1.29, 1.82) is 0 Å². The summed E-state index contributed by atoms with van der Waals surface area (Å²) in [5.41, 5.74) is 2.34. The SMILES string of the molecule is O=c1oc2ccc3ccccc3c2cc1-c1nc(-c2ccc3c(c2)OCO3)cs1. The molecule has 0 saturated heterocycles. The van der Waals surface area contributed by atoms with Gasteiger partial charge in [0.05, 0.1) is 11.3 Å². The molecule has 1 aliphatic heterocycles. The molecule has 0 unspecified atom stereocenters. The van der Waals surface area contributed by atoms with Crippen LogP contribution >= 0.6 is 11.3 Å². The summed E-state index contributed by atoms with van der Waals surface area (Å²) in [6.07, 6.45) is 0. The summed E-state index contributed by atoms with van der Waals surface area (Å²) in [6.45, 7) is 0.229. The smallest absolute Gasteiger partial charge is 0.346 e. The highest BCUT2D eigenvalue weighted by molar-refractivity contribution is 7.13. The number of fused-ring (bicyclic) bond motifs is 4. The maximum absolute atomic E-state index is 12.6. The van der Waals surface area contributed by atoms with Crippen LogP contribution in [0.4, 0.5) is 0 Å². The second-order valence-electron chi connectivity index (χ2n) is 6.75. The zero-order valence-electron chi connectivity index (χ0n) is 15.0. The molecule has 5 nitrogen and oxygen atoms in total. The largest absolute Gasteiger partial charge is 0.454 e. The Kier molecular flexibility index (Phi) is 3.48. The number of thiazole rings is 1. The predicted molar refractivity (Wildman–Crippen MR) is 113 cm³/mol. The van der Waals surface area contributed by atoms with Gasteiger partial charge in [-0.25, -0.2) is 9.78 Å². The fourth-order valence-corrected chi connectivity index (χ4v) is 4.44. The van der Waals surface area contributed by atoms with Gasteiger partial charge in [-0.1, -0.05) is 30.3 Å². The fourth-order valence-electron chi connectivity index (χ4n) is 3.61. The highest BCUT2D eigenvalue weighted by atomic mass is 32.1. The first-order valence-electron chi connectivity index (χ1n) is 9.08. The minimum atomic E-state index is -0.389.